The molecule has 0 radical (unpaired) electrons. The summed E-state index contributed by atoms with van der Waals surface area (Å²) >= 11 is 0. The van der Waals surface area contributed by atoms with E-state index in [2.05, 4.69) is 27.9 Å². The van der Waals surface area contributed by atoms with Crippen molar-refractivity contribution in [1.29, 1.82) is 0 Å². The van der Waals surface area contributed by atoms with E-state index in [0.29, 0.717) is 5.92 Å². The van der Waals surface area contributed by atoms with Crippen molar-refractivity contribution in [3.63, 3.8) is 0 Å². The van der Waals surface area contributed by atoms with E-state index in [9.17, 15) is 9.81 Å². The molecule has 0 fully saturated rings. The number of nitrogens with zero attached hydrogens (tertiary/aromatic N) is 2. The lowest BCUT2D eigenvalue weighted by Gasteiger charge is -2.31. The first-order chi connectivity index (χ1) is 11.1. The molecule has 2 N–H and O–H groups in total. The van der Waals surface area contributed by atoms with Crippen LogP contribution in [0.1, 0.15) is 74.1 Å². The van der Waals surface area contributed by atoms with Gasteiger partial charge in [0.1, 0.15) is 12.1 Å². The Kier molecular flexibility index (Phi) is 10.5. The van der Waals surface area contributed by atoms with Crippen LogP contribution < -0.4 is 10.6 Å². The molecule has 0 rings (SSSR count). The molecule has 2 atom stereocenters. The molecule has 142 valence electrons. The molecule has 24 heavy (non-hydrogen) atoms. The molecule has 0 heterocycles. The van der Waals surface area contributed by atoms with Gasteiger partial charge in [0.2, 0.25) is 0 Å². The van der Waals surface area contributed by atoms with Crippen LogP contribution in [-0.2, 0) is 0 Å². The van der Waals surface area contributed by atoms with Crippen LogP contribution in [0.5, 0.6) is 0 Å². The predicted molar refractivity (Wildman–Crippen MR) is 102 cm³/mol. The van der Waals surface area contributed by atoms with Gasteiger partial charge in [-0.1, -0.05) is 30.1 Å². The van der Waals surface area contributed by atoms with E-state index in [4.69, 9.17) is 0 Å². The molecule has 0 aromatic carbocycles. The van der Waals surface area contributed by atoms with Gasteiger partial charge in [0.05, 0.1) is 0 Å². The summed E-state index contributed by atoms with van der Waals surface area (Å²) in [5, 5.41) is 13.2. The van der Waals surface area contributed by atoms with Crippen LogP contribution in [0.3, 0.4) is 0 Å². The smallest absolute Gasteiger partial charge is 0.107 e. The van der Waals surface area contributed by atoms with Crippen LogP contribution >= 0.6 is 0 Å². The molecule has 6 nitrogen and oxygen atoms in total. The molecule has 2 unspecified atom stereocenters. The van der Waals surface area contributed by atoms with Crippen molar-refractivity contribution < 1.29 is 0 Å². The van der Waals surface area contributed by atoms with Crippen molar-refractivity contribution in [3.8, 4) is 0 Å². The summed E-state index contributed by atoms with van der Waals surface area (Å²) in [5.41, 5.74) is -0.548. The fourth-order valence-corrected chi connectivity index (χ4v) is 2.60. The summed E-state index contributed by atoms with van der Waals surface area (Å²) in [7, 11) is 0. The fourth-order valence-electron chi connectivity index (χ4n) is 2.60. The standard InChI is InChI=1S/C18H38N4O2/c1-8-9-16(10-12-19-17(4,5)14(2)21-23)11-13-20-18(6,7)15(3)22-24/h14-16,19-20H,8-13H2,1-7H3. The number of hydrogen-bond acceptors (Lipinski definition) is 6. The Morgan fingerprint density at radius 2 is 1.17 bits per heavy atom. The Morgan fingerprint density at radius 3 is 1.46 bits per heavy atom. The fraction of sp³-hybridized carbons (Fsp3) is 1.00. The van der Waals surface area contributed by atoms with Gasteiger partial charge in [0.15, 0.2) is 0 Å². The van der Waals surface area contributed by atoms with Crippen molar-refractivity contribution in [3.05, 3.63) is 9.81 Å². The molecule has 0 aliphatic rings. The van der Waals surface area contributed by atoms with Crippen molar-refractivity contribution in [2.45, 2.75) is 97.3 Å². The van der Waals surface area contributed by atoms with Gasteiger partial charge >= 0.3 is 0 Å². The van der Waals surface area contributed by atoms with E-state index in [0.717, 1.165) is 32.4 Å². The third-order valence-electron chi connectivity index (χ3n) is 5.37. The first-order valence-electron chi connectivity index (χ1n) is 9.25. The van der Waals surface area contributed by atoms with E-state index in [-0.39, 0.29) is 23.2 Å². The summed E-state index contributed by atoms with van der Waals surface area (Å²) in [6, 6.07) is -0.496. The minimum atomic E-state index is -0.274. The third kappa shape index (κ3) is 8.29. The lowest BCUT2D eigenvalue weighted by molar-refractivity contribution is 0.290. The number of nitrogens with one attached hydrogen (secondary N) is 2. The second kappa shape index (κ2) is 10.9. The van der Waals surface area contributed by atoms with E-state index < -0.39 is 0 Å². The van der Waals surface area contributed by atoms with Gasteiger partial charge in [-0.05, 0) is 73.4 Å². The molecule has 0 aliphatic heterocycles. The number of rotatable bonds is 14. The van der Waals surface area contributed by atoms with E-state index in [1.54, 1.807) is 0 Å². The minimum Gasteiger partial charge on any atom is -0.310 e. The Balaban J connectivity index is 4.32. The van der Waals surface area contributed by atoms with E-state index >= 15 is 0 Å². The monoisotopic (exact) mass is 342 g/mol. The van der Waals surface area contributed by atoms with Crippen molar-refractivity contribution >= 4 is 0 Å². The summed E-state index contributed by atoms with van der Waals surface area (Å²) in [4.78, 5) is 21.5. The normalized spacial score (nSPS) is 16.5. The molecule has 0 amide bonds. The Labute approximate surface area is 147 Å². The zero-order valence-corrected chi connectivity index (χ0v) is 16.7. The minimum absolute atomic E-state index is 0.248. The zero-order chi connectivity index (χ0) is 18.8. The average Bonchev–Trinajstić information content (AvgIpc) is 2.52. The molecule has 0 bridgehead atoms. The Hall–Kier alpha value is -0.880. The van der Waals surface area contributed by atoms with E-state index in [1.165, 1.54) is 6.42 Å². The van der Waals surface area contributed by atoms with Crippen molar-refractivity contribution in [1.82, 2.24) is 10.6 Å². The quantitative estimate of drug-likeness (QED) is 0.463. The summed E-state index contributed by atoms with van der Waals surface area (Å²) < 4.78 is 0. The maximum absolute atomic E-state index is 10.7. The lowest BCUT2D eigenvalue weighted by atomic mass is 9.92. The van der Waals surface area contributed by atoms with Crippen molar-refractivity contribution in [2.75, 3.05) is 13.1 Å². The second-order valence-electron chi connectivity index (χ2n) is 8.09. The van der Waals surface area contributed by atoms with Gasteiger partial charge in [-0.25, -0.2) is 0 Å². The molecule has 0 saturated heterocycles. The average molecular weight is 343 g/mol. The van der Waals surface area contributed by atoms with Gasteiger partial charge in [0, 0.05) is 11.1 Å². The molecular formula is C18H38N4O2. The number of nitroso groups, excluding NO2 is 2. The van der Waals surface area contributed by atoms with Crippen LogP contribution in [0.2, 0.25) is 0 Å². The molecule has 0 aliphatic carbocycles. The van der Waals surface area contributed by atoms with Gasteiger partial charge in [-0.3, -0.25) is 0 Å². The predicted octanol–water partition coefficient (Wildman–Crippen LogP) is 4.23. The van der Waals surface area contributed by atoms with Gasteiger partial charge in [-0.15, -0.1) is 0 Å². The van der Waals surface area contributed by atoms with Crippen LogP contribution in [-0.4, -0.2) is 36.3 Å². The largest absolute Gasteiger partial charge is 0.310 e. The highest BCUT2D eigenvalue weighted by molar-refractivity contribution is 4.89. The third-order valence-corrected chi connectivity index (χ3v) is 5.37. The van der Waals surface area contributed by atoms with Gasteiger partial charge < -0.3 is 10.6 Å². The van der Waals surface area contributed by atoms with Crippen LogP contribution in [0.4, 0.5) is 0 Å². The van der Waals surface area contributed by atoms with E-state index in [1.807, 2.05) is 41.5 Å². The number of hydrogen-bond donors (Lipinski definition) is 2. The maximum atomic E-state index is 10.7. The molecular weight excluding hydrogens is 304 g/mol. The lowest BCUT2D eigenvalue weighted by Crippen LogP contribution is -2.48. The SMILES string of the molecule is CCCC(CCNC(C)(C)C(C)N=O)CCNC(C)(C)C(C)N=O. The maximum Gasteiger partial charge on any atom is 0.107 e. The highest BCUT2D eigenvalue weighted by Crippen LogP contribution is 2.18. The molecule has 0 aromatic heterocycles. The second-order valence-corrected chi connectivity index (χ2v) is 8.09. The van der Waals surface area contributed by atoms with Gasteiger partial charge in [-0.2, -0.15) is 9.81 Å². The highest BCUT2D eigenvalue weighted by atomic mass is 16.3. The molecule has 6 heteroatoms. The van der Waals surface area contributed by atoms with Crippen LogP contribution in [0.25, 0.3) is 0 Å². The molecule has 0 saturated carbocycles. The summed E-state index contributed by atoms with van der Waals surface area (Å²) in [5.74, 6) is 0.626. The first-order valence-corrected chi connectivity index (χ1v) is 9.25. The highest BCUT2D eigenvalue weighted by Gasteiger charge is 2.27. The molecule has 0 spiro atoms. The Bertz CT molecular complexity index is 340. The Morgan fingerprint density at radius 1 is 0.792 bits per heavy atom. The zero-order valence-electron chi connectivity index (χ0n) is 16.7. The van der Waals surface area contributed by atoms with Crippen LogP contribution in [0.15, 0.2) is 10.4 Å². The van der Waals surface area contributed by atoms with Crippen molar-refractivity contribution in [2.24, 2.45) is 16.3 Å². The summed E-state index contributed by atoms with van der Waals surface area (Å²) in [6.45, 7) is 15.7. The summed E-state index contributed by atoms with van der Waals surface area (Å²) in [6.07, 6.45) is 4.50. The van der Waals surface area contributed by atoms with Crippen LogP contribution in [0, 0.1) is 15.7 Å². The topological polar surface area (TPSA) is 82.9 Å². The molecule has 0 aromatic rings. The van der Waals surface area contributed by atoms with Gasteiger partial charge in [0.25, 0.3) is 0 Å². The first kappa shape index (κ1) is 23.1.